The zero-order valence-corrected chi connectivity index (χ0v) is 15.6. The maximum Gasteiger partial charge on any atom is 0.335 e. The summed E-state index contributed by atoms with van der Waals surface area (Å²) in [6, 6.07) is 15.9. The Morgan fingerprint density at radius 3 is 2.59 bits per heavy atom. The summed E-state index contributed by atoms with van der Waals surface area (Å²) >= 11 is 0. The van der Waals surface area contributed by atoms with Crippen LogP contribution in [0.1, 0.15) is 24.0 Å². The molecule has 1 aliphatic rings. The molecule has 1 atom stereocenters. The van der Waals surface area contributed by atoms with Gasteiger partial charge in [0.15, 0.2) is 0 Å². The van der Waals surface area contributed by atoms with Gasteiger partial charge in [-0.15, -0.1) is 0 Å². The number of nitrogens with zero attached hydrogens (tertiary/aromatic N) is 1. The molecule has 29 heavy (non-hydrogen) atoms. The van der Waals surface area contributed by atoms with E-state index < -0.39 is 18.0 Å². The van der Waals surface area contributed by atoms with Gasteiger partial charge in [0.1, 0.15) is 18.4 Å². The van der Waals surface area contributed by atoms with Gasteiger partial charge in [0.25, 0.3) is 0 Å². The summed E-state index contributed by atoms with van der Waals surface area (Å²) in [4.78, 5) is 34.3. The molecule has 3 rings (SSSR count). The first-order valence-electron chi connectivity index (χ1n) is 9.05. The van der Waals surface area contributed by atoms with Crippen molar-refractivity contribution in [3.8, 4) is 5.75 Å². The minimum absolute atomic E-state index is 0.0740. The number of imide groups is 1. The molecule has 2 aromatic rings. The third-order valence-electron chi connectivity index (χ3n) is 4.10. The molecule has 1 unspecified atom stereocenters. The zero-order valence-electron chi connectivity index (χ0n) is 15.6. The van der Waals surface area contributed by atoms with Crippen LogP contribution >= 0.6 is 0 Å². The fourth-order valence-corrected chi connectivity index (χ4v) is 2.55. The van der Waals surface area contributed by atoms with Crippen molar-refractivity contribution < 1.29 is 19.1 Å². The van der Waals surface area contributed by atoms with Crippen LogP contribution in [0.3, 0.4) is 0 Å². The van der Waals surface area contributed by atoms with Crippen molar-refractivity contribution in [1.82, 2.24) is 21.6 Å². The maximum absolute atomic E-state index is 11.8. The van der Waals surface area contributed by atoms with E-state index >= 15 is 0 Å². The summed E-state index contributed by atoms with van der Waals surface area (Å²) in [5, 5.41) is 6.02. The lowest BCUT2D eigenvalue weighted by molar-refractivity contribution is -0.124. The number of benzene rings is 2. The highest BCUT2D eigenvalue weighted by Gasteiger charge is 2.25. The van der Waals surface area contributed by atoms with Crippen LogP contribution in [0.15, 0.2) is 59.7 Å². The first kappa shape index (κ1) is 20.0. The molecular formula is C20H21N5O4. The summed E-state index contributed by atoms with van der Waals surface area (Å²) in [5.41, 5.74) is 9.12. The number of carbonyl (C=O) groups is 3. The van der Waals surface area contributed by atoms with E-state index in [1.165, 1.54) is 6.21 Å². The number of carbonyl (C=O) groups excluding carboxylic acids is 3. The summed E-state index contributed by atoms with van der Waals surface area (Å²) in [5.74, 6) is -0.0735. The van der Waals surface area contributed by atoms with Crippen molar-refractivity contribution >= 4 is 24.1 Å². The molecule has 150 valence electrons. The second-order valence-electron chi connectivity index (χ2n) is 6.32. The predicted octanol–water partition coefficient (Wildman–Crippen LogP) is 1.21. The molecule has 0 aromatic heterocycles. The van der Waals surface area contributed by atoms with E-state index in [1.54, 1.807) is 0 Å². The molecule has 0 aliphatic carbocycles. The normalized spacial score (nSPS) is 16.2. The fourth-order valence-electron chi connectivity index (χ4n) is 2.55. The molecule has 4 N–H and O–H groups in total. The van der Waals surface area contributed by atoms with Crippen LogP contribution in [0.4, 0.5) is 4.79 Å². The molecule has 0 bridgehead atoms. The third kappa shape index (κ3) is 6.43. The topological polar surface area (TPSA) is 121 Å². The zero-order chi connectivity index (χ0) is 20.5. The molecule has 1 saturated heterocycles. The summed E-state index contributed by atoms with van der Waals surface area (Å²) < 4.78 is 5.72. The first-order chi connectivity index (χ1) is 14.1. The van der Waals surface area contributed by atoms with Crippen molar-refractivity contribution in [1.29, 1.82) is 0 Å². The number of hydrogen-bond donors (Lipinski definition) is 4. The molecular weight excluding hydrogens is 374 g/mol. The number of hydrazine groups is 1. The number of urea groups is 1. The second-order valence-corrected chi connectivity index (χ2v) is 6.32. The third-order valence-corrected chi connectivity index (χ3v) is 4.10. The SMILES string of the molecule is O=C(CCC1NNC(=O)NC1=O)N/N=C\c1ccc(OCc2ccccc2)cc1. The van der Waals surface area contributed by atoms with Gasteiger partial charge in [-0.3, -0.25) is 20.3 Å². The van der Waals surface area contributed by atoms with Gasteiger partial charge in [0.05, 0.1) is 6.21 Å². The minimum Gasteiger partial charge on any atom is -0.489 e. The van der Waals surface area contributed by atoms with Crippen LogP contribution in [0.25, 0.3) is 0 Å². The molecule has 2 aromatic carbocycles. The molecule has 1 aliphatic heterocycles. The van der Waals surface area contributed by atoms with Crippen molar-refractivity contribution in [2.24, 2.45) is 5.10 Å². The molecule has 0 saturated carbocycles. The van der Waals surface area contributed by atoms with Gasteiger partial charge in [-0.25, -0.2) is 15.6 Å². The Labute approximate surface area is 167 Å². The van der Waals surface area contributed by atoms with E-state index in [4.69, 9.17) is 4.74 Å². The lowest BCUT2D eigenvalue weighted by atomic mass is 10.1. The minimum atomic E-state index is -0.661. The predicted molar refractivity (Wildman–Crippen MR) is 106 cm³/mol. The Morgan fingerprint density at radius 2 is 1.86 bits per heavy atom. The average molecular weight is 395 g/mol. The monoisotopic (exact) mass is 395 g/mol. The van der Waals surface area contributed by atoms with Crippen molar-refractivity contribution in [2.75, 3.05) is 0 Å². The lowest BCUT2D eigenvalue weighted by Crippen LogP contribution is -2.62. The first-order valence-corrected chi connectivity index (χ1v) is 9.05. The summed E-state index contributed by atoms with van der Waals surface area (Å²) in [7, 11) is 0. The Hall–Kier alpha value is -3.72. The van der Waals surface area contributed by atoms with Gasteiger partial charge in [0.2, 0.25) is 11.8 Å². The van der Waals surface area contributed by atoms with Gasteiger partial charge in [-0.1, -0.05) is 30.3 Å². The van der Waals surface area contributed by atoms with Gasteiger partial charge < -0.3 is 4.74 Å². The number of rotatable bonds is 8. The highest BCUT2D eigenvalue weighted by atomic mass is 16.5. The molecule has 4 amide bonds. The highest BCUT2D eigenvalue weighted by molar-refractivity contribution is 5.99. The summed E-state index contributed by atoms with van der Waals surface area (Å²) in [6.07, 6.45) is 1.82. The van der Waals surface area contributed by atoms with E-state index in [0.29, 0.717) is 6.61 Å². The largest absolute Gasteiger partial charge is 0.489 e. The van der Waals surface area contributed by atoms with Crippen molar-refractivity contribution in [2.45, 2.75) is 25.5 Å². The number of hydrazone groups is 1. The number of hydrogen-bond acceptors (Lipinski definition) is 6. The van der Waals surface area contributed by atoms with Crippen LogP contribution in [-0.2, 0) is 16.2 Å². The van der Waals surface area contributed by atoms with Crippen LogP contribution in [-0.4, -0.2) is 30.1 Å². The fraction of sp³-hybridized carbons (Fsp3) is 0.200. The average Bonchev–Trinajstić information content (AvgIpc) is 2.73. The van der Waals surface area contributed by atoms with Gasteiger partial charge >= 0.3 is 6.03 Å². The second kappa shape index (κ2) is 10.00. The van der Waals surface area contributed by atoms with Gasteiger partial charge in [-0.05, 0) is 41.8 Å². The number of amides is 4. The van der Waals surface area contributed by atoms with E-state index in [0.717, 1.165) is 16.9 Å². The molecule has 0 radical (unpaired) electrons. The molecule has 0 spiro atoms. The van der Waals surface area contributed by atoms with Gasteiger partial charge in [0, 0.05) is 6.42 Å². The Kier molecular flexibility index (Phi) is 6.90. The van der Waals surface area contributed by atoms with Gasteiger partial charge in [-0.2, -0.15) is 5.10 Å². The Balaban J connectivity index is 1.38. The lowest BCUT2D eigenvalue weighted by Gasteiger charge is -2.22. The van der Waals surface area contributed by atoms with Crippen LogP contribution in [0.2, 0.25) is 0 Å². The smallest absolute Gasteiger partial charge is 0.335 e. The van der Waals surface area contributed by atoms with Crippen molar-refractivity contribution in [3.05, 3.63) is 65.7 Å². The van der Waals surface area contributed by atoms with E-state index in [2.05, 4.69) is 26.7 Å². The van der Waals surface area contributed by atoms with Crippen LogP contribution < -0.4 is 26.3 Å². The van der Waals surface area contributed by atoms with Crippen LogP contribution in [0.5, 0.6) is 5.75 Å². The summed E-state index contributed by atoms with van der Waals surface area (Å²) in [6.45, 7) is 0.488. The van der Waals surface area contributed by atoms with E-state index in [-0.39, 0.29) is 18.7 Å². The molecule has 9 nitrogen and oxygen atoms in total. The van der Waals surface area contributed by atoms with Crippen LogP contribution in [0, 0.1) is 0 Å². The quantitative estimate of drug-likeness (QED) is 0.395. The van der Waals surface area contributed by atoms with E-state index in [1.807, 2.05) is 54.6 Å². The molecule has 9 heteroatoms. The molecule has 1 heterocycles. The Morgan fingerprint density at radius 1 is 1.10 bits per heavy atom. The van der Waals surface area contributed by atoms with Crippen molar-refractivity contribution in [3.63, 3.8) is 0 Å². The maximum atomic E-state index is 11.8. The Bertz CT molecular complexity index is 884. The number of ether oxygens (including phenoxy) is 1. The van der Waals surface area contributed by atoms with E-state index in [9.17, 15) is 14.4 Å². The number of nitrogens with one attached hydrogen (secondary N) is 4. The highest BCUT2D eigenvalue weighted by Crippen LogP contribution is 2.13. The standard InChI is InChI=1S/C20H21N5O4/c26-18(11-10-17-19(27)22-20(28)25-23-17)24-21-12-14-6-8-16(9-7-14)29-13-15-4-2-1-3-5-15/h1-9,12,17,23H,10-11,13H2,(H,24,26)(H2,22,25,27,28)/b21-12-. The molecule has 1 fully saturated rings.